The van der Waals surface area contributed by atoms with Crippen molar-refractivity contribution in [3.63, 3.8) is 0 Å². The summed E-state index contributed by atoms with van der Waals surface area (Å²) in [4.78, 5) is 0. The second-order valence-corrected chi connectivity index (χ2v) is 4.28. The van der Waals surface area contributed by atoms with E-state index >= 15 is 0 Å². The van der Waals surface area contributed by atoms with E-state index < -0.39 is 40.7 Å². The number of nitrogens with one attached hydrogen (secondary N) is 1. The number of hydrogen-bond donors (Lipinski definition) is 2. The average molecular weight is 325 g/mol. The number of nitrogens with two attached hydrogens (primary N) is 1. The summed E-state index contributed by atoms with van der Waals surface area (Å²) in [6.45, 7) is 0. The van der Waals surface area contributed by atoms with Crippen LogP contribution in [0.4, 0.5) is 30.7 Å². The van der Waals surface area contributed by atoms with Gasteiger partial charge in [0.05, 0.1) is 6.04 Å². The molecule has 0 heterocycles. The molecule has 0 aliphatic rings. The summed E-state index contributed by atoms with van der Waals surface area (Å²) in [5.74, 6) is -0.0677. The molecule has 0 fully saturated rings. The minimum absolute atomic E-state index is 0.465. The maximum absolute atomic E-state index is 13.0. The second kappa shape index (κ2) is 5.74. The largest absolute Gasteiger partial charge is 0.402 e. The van der Waals surface area contributed by atoms with Gasteiger partial charge in [-0.3, -0.25) is 11.3 Å². The monoisotopic (exact) mass is 324 g/mol. The maximum Gasteiger partial charge on any atom is 0.402 e. The van der Waals surface area contributed by atoms with Crippen LogP contribution in [0.3, 0.4) is 0 Å². The van der Waals surface area contributed by atoms with Gasteiger partial charge in [-0.1, -0.05) is 11.6 Å². The Labute approximate surface area is 113 Å². The van der Waals surface area contributed by atoms with Gasteiger partial charge in [0.25, 0.3) is 0 Å². The summed E-state index contributed by atoms with van der Waals surface area (Å²) in [5.41, 5.74) is 0.681. The molecule has 0 bridgehead atoms. The zero-order chi connectivity index (χ0) is 15.7. The lowest BCUT2D eigenvalue weighted by molar-refractivity contribution is -0.292. The fraction of sp³-hybridized carbons (Fsp3) is 0.400. The van der Waals surface area contributed by atoms with Crippen LogP contribution in [0.1, 0.15) is 11.6 Å². The van der Waals surface area contributed by atoms with E-state index in [4.69, 9.17) is 17.4 Å². The van der Waals surface area contributed by atoms with Crippen molar-refractivity contribution in [3.05, 3.63) is 34.6 Å². The van der Waals surface area contributed by atoms with Gasteiger partial charge in [-0.2, -0.15) is 26.3 Å². The zero-order valence-corrected chi connectivity index (χ0v) is 10.2. The third kappa shape index (κ3) is 3.74. The van der Waals surface area contributed by atoms with Gasteiger partial charge in [0, 0.05) is 5.02 Å². The summed E-state index contributed by atoms with van der Waals surface area (Å²) in [5, 5.41) is -0.465. The molecule has 0 amide bonds. The van der Waals surface area contributed by atoms with Crippen LogP contribution in [0.15, 0.2) is 18.2 Å². The summed E-state index contributed by atoms with van der Waals surface area (Å²) in [6.07, 6.45) is -11.3. The first-order valence-electron chi connectivity index (χ1n) is 5.03. The van der Waals surface area contributed by atoms with Gasteiger partial charge in [0.15, 0.2) is 5.92 Å². The maximum atomic E-state index is 13.0. The summed E-state index contributed by atoms with van der Waals surface area (Å²) < 4.78 is 88.7. The number of hydrogen-bond acceptors (Lipinski definition) is 2. The van der Waals surface area contributed by atoms with E-state index in [1.807, 2.05) is 0 Å². The minimum Gasteiger partial charge on any atom is -0.271 e. The van der Waals surface area contributed by atoms with Crippen molar-refractivity contribution in [1.29, 1.82) is 0 Å². The van der Waals surface area contributed by atoms with Crippen molar-refractivity contribution in [1.82, 2.24) is 5.43 Å². The van der Waals surface area contributed by atoms with E-state index in [9.17, 15) is 30.7 Å². The molecule has 0 radical (unpaired) electrons. The van der Waals surface area contributed by atoms with Crippen molar-refractivity contribution in [2.45, 2.75) is 18.4 Å². The normalized spacial score (nSPS) is 14.7. The highest BCUT2D eigenvalue weighted by molar-refractivity contribution is 6.31. The molecule has 3 N–H and O–H groups in total. The highest BCUT2D eigenvalue weighted by Crippen LogP contribution is 2.47. The SMILES string of the molecule is NNC(c1cc(F)ccc1Cl)C(C(F)(F)F)C(F)(F)F. The van der Waals surface area contributed by atoms with E-state index in [2.05, 4.69) is 0 Å². The van der Waals surface area contributed by atoms with Gasteiger partial charge < -0.3 is 0 Å². The molecular formula is C10H8ClF7N2. The van der Waals surface area contributed by atoms with Crippen LogP contribution in [-0.2, 0) is 0 Å². The summed E-state index contributed by atoms with van der Waals surface area (Å²) >= 11 is 5.52. The van der Waals surface area contributed by atoms with Crippen LogP contribution in [0.5, 0.6) is 0 Å². The average Bonchev–Trinajstić information content (AvgIpc) is 2.25. The Hall–Kier alpha value is -1.06. The number of halogens is 8. The predicted molar refractivity (Wildman–Crippen MR) is 57.1 cm³/mol. The molecule has 1 aromatic rings. The van der Waals surface area contributed by atoms with Gasteiger partial charge in [-0.25, -0.2) is 4.39 Å². The Bertz CT molecular complexity index is 458. The van der Waals surface area contributed by atoms with Crippen molar-refractivity contribution in [3.8, 4) is 0 Å². The molecule has 1 rings (SSSR count). The molecule has 0 spiro atoms. The van der Waals surface area contributed by atoms with Gasteiger partial charge in [-0.05, 0) is 23.8 Å². The van der Waals surface area contributed by atoms with Crippen molar-refractivity contribution >= 4 is 11.6 Å². The molecule has 1 atom stereocenters. The Morgan fingerprint density at radius 3 is 1.95 bits per heavy atom. The number of alkyl halides is 6. The first-order valence-corrected chi connectivity index (χ1v) is 5.40. The first kappa shape index (κ1) is 17.0. The topological polar surface area (TPSA) is 38.0 Å². The van der Waals surface area contributed by atoms with Gasteiger partial charge in [0.1, 0.15) is 5.82 Å². The minimum atomic E-state index is -5.63. The molecule has 114 valence electrons. The third-order valence-corrected chi connectivity index (χ3v) is 2.86. The van der Waals surface area contributed by atoms with Crippen LogP contribution >= 0.6 is 11.6 Å². The van der Waals surface area contributed by atoms with Gasteiger partial charge in [0.2, 0.25) is 0 Å². The lowest BCUT2D eigenvalue weighted by atomic mass is 9.92. The molecule has 0 aliphatic heterocycles. The zero-order valence-electron chi connectivity index (χ0n) is 9.49. The standard InChI is InChI=1S/C10H8ClF7N2/c11-6-2-1-4(12)3-5(6)7(20-19)8(9(13,14)15)10(16,17)18/h1-3,7-8,20H,19H2. The molecule has 10 heteroatoms. The number of rotatable bonds is 3. The van der Waals surface area contributed by atoms with Crippen molar-refractivity contribution in [2.24, 2.45) is 11.8 Å². The summed E-state index contributed by atoms with van der Waals surface area (Å²) in [7, 11) is 0. The van der Waals surface area contributed by atoms with Crippen LogP contribution in [0, 0.1) is 11.7 Å². The Balaban J connectivity index is 3.38. The van der Waals surface area contributed by atoms with Crippen molar-refractivity contribution < 1.29 is 30.7 Å². The molecule has 1 aromatic carbocycles. The van der Waals surface area contributed by atoms with E-state index in [0.29, 0.717) is 6.07 Å². The molecule has 20 heavy (non-hydrogen) atoms. The molecule has 0 aliphatic carbocycles. The fourth-order valence-corrected chi connectivity index (χ4v) is 1.92. The second-order valence-electron chi connectivity index (χ2n) is 3.87. The number of hydrazine groups is 1. The number of benzene rings is 1. The highest BCUT2D eigenvalue weighted by Gasteiger charge is 2.60. The smallest absolute Gasteiger partial charge is 0.271 e. The van der Waals surface area contributed by atoms with E-state index in [0.717, 1.165) is 12.1 Å². The van der Waals surface area contributed by atoms with Crippen LogP contribution in [0.25, 0.3) is 0 Å². The van der Waals surface area contributed by atoms with E-state index in [-0.39, 0.29) is 0 Å². The lowest BCUT2D eigenvalue weighted by Gasteiger charge is -2.30. The van der Waals surface area contributed by atoms with E-state index in [1.165, 1.54) is 5.43 Å². The summed E-state index contributed by atoms with van der Waals surface area (Å²) in [6, 6.07) is -0.342. The lowest BCUT2D eigenvalue weighted by Crippen LogP contribution is -2.47. The molecule has 1 unspecified atom stereocenters. The Kier molecular flexibility index (Phi) is 4.88. The van der Waals surface area contributed by atoms with Crippen LogP contribution < -0.4 is 11.3 Å². The fourth-order valence-electron chi connectivity index (χ4n) is 1.68. The van der Waals surface area contributed by atoms with E-state index in [1.54, 1.807) is 0 Å². The molecule has 0 saturated carbocycles. The highest BCUT2D eigenvalue weighted by atomic mass is 35.5. The molecular weight excluding hydrogens is 317 g/mol. The van der Waals surface area contributed by atoms with Gasteiger partial charge in [-0.15, -0.1) is 0 Å². The Morgan fingerprint density at radius 1 is 1.05 bits per heavy atom. The Morgan fingerprint density at radius 2 is 1.55 bits per heavy atom. The quantitative estimate of drug-likeness (QED) is 0.505. The first-order chi connectivity index (χ1) is 8.98. The third-order valence-electron chi connectivity index (χ3n) is 2.51. The van der Waals surface area contributed by atoms with Gasteiger partial charge >= 0.3 is 12.4 Å². The molecule has 2 nitrogen and oxygen atoms in total. The molecule has 0 aromatic heterocycles. The van der Waals surface area contributed by atoms with Crippen LogP contribution in [-0.4, -0.2) is 12.4 Å². The predicted octanol–water partition coefficient (Wildman–Crippen LogP) is 3.72. The van der Waals surface area contributed by atoms with Crippen molar-refractivity contribution in [2.75, 3.05) is 0 Å². The van der Waals surface area contributed by atoms with Crippen LogP contribution in [0.2, 0.25) is 5.02 Å². The molecule has 0 saturated heterocycles.